The van der Waals surface area contributed by atoms with Crippen LogP contribution in [0.1, 0.15) is 43.6 Å². The maximum atomic E-state index is 13.3. The normalized spacial score (nSPS) is 14.6. The number of benzene rings is 2. The Balaban J connectivity index is 1.53. The van der Waals surface area contributed by atoms with E-state index < -0.39 is 22.3 Å². The molecule has 0 atom stereocenters. The van der Waals surface area contributed by atoms with E-state index in [0.29, 0.717) is 11.7 Å². The third kappa shape index (κ3) is 5.03. The molecule has 0 spiro atoms. The molecule has 3 rings (SSSR count). The number of ether oxygens (including phenoxy) is 1. The molecule has 1 aliphatic rings. The van der Waals surface area contributed by atoms with Crippen molar-refractivity contribution in [1.29, 1.82) is 0 Å². The van der Waals surface area contributed by atoms with E-state index in [2.05, 4.69) is 5.32 Å². The summed E-state index contributed by atoms with van der Waals surface area (Å²) in [6, 6.07) is 10.9. The third-order valence-corrected chi connectivity index (χ3v) is 4.75. The number of rotatable bonds is 6. The van der Waals surface area contributed by atoms with Crippen LogP contribution in [-0.2, 0) is 4.79 Å². The summed E-state index contributed by atoms with van der Waals surface area (Å²) in [7, 11) is 0. The summed E-state index contributed by atoms with van der Waals surface area (Å²) in [5, 5.41) is 13.2. The van der Waals surface area contributed by atoms with Crippen molar-refractivity contribution in [3.63, 3.8) is 0 Å². The van der Waals surface area contributed by atoms with Gasteiger partial charge in [0.2, 0.25) is 5.82 Å². The number of hydrogen-bond acceptors (Lipinski definition) is 4. The average Bonchev–Trinajstić information content (AvgIpc) is 2.69. The van der Waals surface area contributed by atoms with Crippen molar-refractivity contribution < 1.29 is 18.8 Å². The molecule has 0 bridgehead atoms. The number of hydrogen-bond donors (Lipinski definition) is 1. The number of carbonyl (C=O) groups excluding carboxylic acids is 1. The van der Waals surface area contributed by atoms with E-state index in [9.17, 15) is 19.3 Å². The first kappa shape index (κ1) is 18.8. The summed E-state index contributed by atoms with van der Waals surface area (Å²) >= 11 is 0. The van der Waals surface area contributed by atoms with E-state index in [0.717, 1.165) is 12.1 Å². The number of nitrogens with one attached hydrogen (secondary N) is 1. The SMILES string of the molecule is O=C(COc1ccc(C2CCCCC2)cc1)Nc1ccc(F)c([N+](=O)[O-])c1. The van der Waals surface area contributed by atoms with Gasteiger partial charge in [0.25, 0.3) is 5.91 Å². The smallest absolute Gasteiger partial charge is 0.306 e. The number of nitro groups is 1. The van der Waals surface area contributed by atoms with E-state index in [1.54, 1.807) is 0 Å². The Bertz CT molecular complexity index is 817. The lowest BCUT2D eigenvalue weighted by Gasteiger charge is -2.22. The minimum Gasteiger partial charge on any atom is -0.484 e. The molecule has 1 aliphatic carbocycles. The fourth-order valence-corrected chi connectivity index (χ4v) is 3.35. The largest absolute Gasteiger partial charge is 0.484 e. The molecule has 2 aromatic rings. The van der Waals surface area contributed by atoms with Crippen LogP contribution in [0.3, 0.4) is 0 Å². The highest BCUT2D eigenvalue weighted by atomic mass is 19.1. The van der Waals surface area contributed by atoms with Crippen molar-refractivity contribution in [1.82, 2.24) is 0 Å². The molecular weight excluding hydrogens is 351 g/mol. The van der Waals surface area contributed by atoms with Crippen LogP contribution in [0.15, 0.2) is 42.5 Å². The van der Waals surface area contributed by atoms with E-state index in [-0.39, 0.29) is 12.3 Å². The van der Waals surface area contributed by atoms with Crippen LogP contribution in [-0.4, -0.2) is 17.4 Å². The van der Waals surface area contributed by atoms with Gasteiger partial charge in [-0.1, -0.05) is 31.4 Å². The summed E-state index contributed by atoms with van der Waals surface area (Å²) < 4.78 is 18.8. The van der Waals surface area contributed by atoms with E-state index in [1.165, 1.54) is 43.7 Å². The molecule has 7 heteroatoms. The topological polar surface area (TPSA) is 81.5 Å². The second-order valence-electron chi connectivity index (χ2n) is 6.66. The van der Waals surface area contributed by atoms with Gasteiger partial charge in [-0.25, -0.2) is 0 Å². The lowest BCUT2D eigenvalue weighted by atomic mass is 9.84. The lowest BCUT2D eigenvalue weighted by molar-refractivity contribution is -0.387. The second kappa shape index (κ2) is 8.62. The number of anilines is 1. The van der Waals surface area contributed by atoms with Gasteiger partial charge in [-0.05, 0) is 48.6 Å². The summed E-state index contributed by atoms with van der Waals surface area (Å²) in [4.78, 5) is 21.9. The van der Waals surface area contributed by atoms with Crippen LogP contribution in [0.4, 0.5) is 15.8 Å². The molecule has 1 amide bonds. The number of amides is 1. The highest BCUT2D eigenvalue weighted by Gasteiger charge is 2.16. The molecule has 0 unspecified atom stereocenters. The quantitative estimate of drug-likeness (QED) is 0.583. The van der Waals surface area contributed by atoms with Crippen LogP contribution >= 0.6 is 0 Å². The van der Waals surface area contributed by atoms with E-state index in [1.807, 2.05) is 24.3 Å². The van der Waals surface area contributed by atoms with Crippen LogP contribution in [0.5, 0.6) is 5.75 Å². The van der Waals surface area contributed by atoms with Crippen LogP contribution < -0.4 is 10.1 Å². The summed E-state index contributed by atoms with van der Waals surface area (Å²) in [5.74, 6) is -0.250. The lowest BCUT2D eigenvalue weighted by Crippen LogP contribution is -2.20. The zero-order chi connectivity index (χ0) is 19.2. The molecule has 2 aromatic carbocycles. The van der Waals surface area contributed by atoms with Crippen molar-refractivity contribution in [3.05, 3.63) is 64.0 Å². The highest BCUT2D eigenvalue weighted by Crippen LogP contribution is 2.33. The second-order valence-corrected chi connectivity index (χ2v) is 6.66. The number of nitrogens with zero attached hydrogens (tertiary/aromatic N) is 1. The fourth-order valence-electron chi connectivity index (χ4n) is 3.35. The van der Waals surface area contributed by atoms with Gasteiger partial charge in [0, 0.05) is 11.8 Å². The maximum absolute atomic E-state index is 13.3. The molecule has 6 nitrogen and oxygen atoms in total. The Hall–Kier alpha value is -2.96. The Morgan fingerprint density at radius 2 is 1.85 bits per heavy atom. The maximum Gasteiger partial charge on any atom is 0.306 e. The minimum absolute atomic E-state index is 0.143. The predicted molar refractivity (Wildman–Crippen MR) is 99.4 cm³/mol. The molecule has 0 saturated heterocycles. The molecule has 1 saturated carbocycles. The Morgan fingerprint density at radius 1 is 1.15 bits per heavy atom. The number of carbonyl (C=O) groups is 1. The zero-order valence-electron chi connectivity index (χ0n) is 14.8. The third-order valence-electron chi connectivity index (χ3n) is 4.75. The minimum atomic E-state index is -0.952. The van der Waals surface area contributed by atoms with Crippen molar-refractivity contribution in [2.75, 3.05) is 11.9 Å². The number of nitro benzene ring substituents is 1. The van der Waals surface area contributed by atoms with E-state index >= 15 is 0 Å². The first-order chi connectivity index (χ1) is 13.0. The first-order valence-corrected chi connectivity index (χ1v) is 8.99. The van der Waals surface area contributed by atoms with Crippen molar-refractivity contribution in [2.45, 2.75) is 38.0 Å². The molecule has 0 heterocycles. The van der Waals surface area contributed by atoms with Gasteiger partial charge in [0.15, 0.2) is 6.61 Å². The van der Waals surface area contributed by atoms with Gasteiger partial charge in [-0.15, -0.1) is 0 Å². The van der Waals surface area contributed by atoms with Crippen LogP contribution in [0.25, 0.3) is 0 Å². The van der Waals surface area contributed by atoms with E-state index in [4.69, 9.17) is 4.74 Å². The molecule has 1 N–H and O–H groups in total. The van der Waals surface area contributed by atoms with Gasteiger partial charge in [-0.2, -0.15) is 4.39 Å². The molecule has 0 aliphatic heterocycles. The van der Waals surface area contributed by atoms with Crippen molar-refractivity contribution in [2.24, 2.45) is 0 Å². The monoisotopic (exact) mass is 372 g/mol. The molecule has 0 aromatic heterocycles. The van der Waals surface area contributed by atoms with Crippen molar-refractivity contribution in [3.8, 4) is 5.75 Å². The van der Waals surface area contributed by atoms with Crippen LogP contribution in [0, 0.1) is 15.9 Å². The highest BCUT2D eigenvalue weighted by molar-refractivity contribution is 5.92. The predicted octanol–water partition coefficient (Wildman–Crippen LogP) is 4.80. The van der Waals surface area contributed by atoms with Gasteiger partial charge in [0.1, 0.15) is 5.75 Å². The van der Waals surface area contributed by atoms with Crippen molar-refractivity contribution >= 4 is 17.3 Å². The fraction of sp³-hybridized carbons (Fsp3) is 0.350. The summed E-state index contributed by atoms with van der Waals surface area (Å²) in [5.41, 5.74) is 0.751. The average molecular weight is 372 g/mol. The summed E-state index contributed by atoms with van der Waals surface area (Å²) in [6.07, 6.45) is 6.28. The Labute approximate surface area is 156 Å². The Morgan fingerprint density at radius 3 is 2.52 bits per heavy atom. The summed E-state index contributed by atoms with van der Waals surface area (Å²) in [6.45, 7) is -0.242. The molecular formula is C20H21FN2O4. The van der Waals surface area contributed by atoms with Crippen LogP contribution in [0.2, 0.25) is 0 Å². The molecule has 27 heavy (non-hydrogen) atoms. The zero-order valence-corrected chi connectivity index (χ0v) is 14.8. The first-order valence-electron chi connectivity index (χ1n) is 8.99. The number of halogens is 1. The van der Waals surface area contributed by atoms with Gasteiger partial charge in [-0.3, -0.25) is 14.9 Å². The molecule has 142 valence electrons. The molecule has 1 fully saturated rings. The Kier molecular flexibility index (Phi) is 6.01. The standard InChI is InChI=1S/C20H21FN2O4/c21-18-11-8-16(12-19(18)23(25)26)22-20(24)13-27-17-9-6-15(7-10-17)14-4-2-1-3-5-14/h6-12,14H,1-5,13H2,(H,22,24). The molecule has 0 radical (unpaired) electrons. The van der Waals surface area contributed by atoms with Gasteiger partial charge >= 0.3 is 5.69 Å². The van der Waals surface area contributed by atoms with Gasteiger partial charge in [0.05, 0.1) is 4.92 Å². The van der Waals surface area contributed by atoms with Gasteiger partial charge < -0.3 is 10.1 Å².